The molecule has 0 spiro atoms. The van der Waals surface area contributed by atoms with Crippen LogP contribution in [0, 0.1) is 0 Å². The van der Waals surface area contributed by atoms with Gasteiger partial charge in [-0.05, 0) is 55.0 Å². The van der Waals surface area contributed by atoms with Gasteiger partial charge in [0.2, 0.25) is 5.78 Å². The maximum atomic E-state index is 12.2. The number of carbonyl (C=O) groups is 2. The first-order valence-corrected chi connectivity index (χ1v) is 7.70. The zero-order chi connectivity index (χ0) is 17.5. The molecule has 0 amide bonds. The zero-order valence-corrected chi connectivity index (χ0v) is 14.1. The molecule has 5 heteroatoms. The van der Waals surface area contributed by atoms with Gasteiger partial charge in [0.15, 0.2) is 6.10 Å². The number of Topliss-reactive ketones (excluding diaryl/α,β-unsaturated/α-hetero) is 1. The SMILES string of the molecule is COc1ccc(/C=C/C(=O)O[C@@H](C)C(=O)c2ccc(Cl)cc2)cc1. The van der Waals surface area contributed by atoms with Crippen LogP contribution in [0.5, 0.6) is 5.75 Å². The van der Waals surface area contributed by atoms with Crippen LogP contribution in [0.15, 0.2) is 54.6 Å². The van der Waals surface area contributed by atoms with Crippen LogP contribution in [-0.2, 0) is 9.53 Å². The van der Waals surface area contributed by atoms with Crippen molar-refractivity contribution in [3.05, 3.63) is 70.8 Å². The Labute approximate surface area is 145 Å². The van der Waals surface area contributed by atoms with Crippen LogP contribution < -0.4 is 4.74 Å². The number of methoxy groups -OCH3 is 1. The topological polar surface area (TPSA) is 52.6 Å². The minimum atomic E-state index is -0.876. The number of carbonyl (C=O) groups excluding carboxylic acids is 2. The van der Waals surface area contributed by atoms with E-state index in [2.05, 4.69) is 0 Å². The average molecular weight is 345 g/mol. The highest BCUT2D eigenvalue weighted by atomic mass is 35.5. The number of esters is 1. The number of ether oxygens (including phenoxy) is 2. The van der Waals surface area contributed by atoms with E-state index in [1.807, 2.05) is 12.1 Å². The summed E-state index contributed by atoms with van der Waals surface area (Å²) in [6.07, 6.45) is 2.02. The Morgan fingerprint density at radius 2 is 1.67 bits per heavy atom. The second-order valence-electron chi connectivity index (χ2n) is 5.06. The van der Waals surface area contributed by atoms with Gasteiger partial charge in [0.25, 0.3) is 0 Å². The van der Waals surface area contributed by atoms with E-state index >= 15 is 0 Å². The van der Waals surface area contributed by atoms with Crippen molar-refractivity contribution in [3.8, 4) is 5.75 Å². The summed E-state index contributed by atoms with van der Waals surface area (Å²) in [6, 6.07) is 13.6. The lowest BCUT2D eigenvalue weighted by Crippen LogP contribution is -2.23. The second-order valence-corrected chi connectivity index (χ2v) is 5.49. The van der Waals surface area contributed by atoms with Crippen molar-refractivity contribution in [2.75, 3.05) is 7.11 Å². The summed E-state index contributed by atoms with van der Waals surface area (Å²) in [6.45, 7) is 1.54. The third-order valence-electron chi connectivity index (χ3n) is 3.32. The molecule has 0 radical (unpaired) electrons. The van der Waals surface area contributed by atoms with Crippen molar-refractivity contribution in [1.29, 1.82) is 0 Å². The van der Waals surface area contributed by atoms with Crippen molar-refractivity contribution in [1.82, 2.24) is 0 Å². The molecule has 0 unspecified atom stereocenters. The van der Waals surface area contributed by atoms with Crippen LogP contribution in [0.1, 0.15) is 22.8 Å². The van der Waals surface area contributed by atoms with Gasteiger partial charge in [-0.1, -0.05) is 23.7 Å². The maximum absolute atomic E-state index is 12.2. The van der Waals surface area contributed by atoms with Gasteiger partial charge in [0.1, 0.15) is 5.75 Å². The fourth-order valence-corrected chi connectivity index (χ4v) is 2.12. The normalized spacial score (nSPS) is 12.0. The van der Waals surface area contributed by atoms with Crippen LogP contribution in [0.4, 0.5) is 0 Å². The highest BCUT2D eigenvalue weighted by Crippen LogP contribution is 2.14. The quantitative estimate of drug-likeness (QED) is 0.448. The Kier molecular flexibility index (Phi) is 6.15. The van der Waals surface area contributed by atoms with E-state index in [4.69, 9.17) is 21.1 Å². The van der Waals surface area contributed by atoms with Crippen LogP contribution >= 0.6 is 11.6 Å². The Balaban J connectivity index is 1.93. The van der Waals surface area contributed by atoms with Gasteiger partial charge in [-0.3, -0.25) is 4.79 Å². The molecule has 0 fully saturated rings. The summed E-state index contributed by atoms with van der Waals surface area (Å²) in [5.41, 5.74) is 1.27. The molecule has 0 bridgehead atoms. The number of halogens is 1. The number of hydrogen-bond acceptors (Lipinski definition) is 4. The summed E-state index contributed by atoms with van der Waals surface area (Å²) >= 11 is 5.79. The first-order chi connectivity index (χ1) is 11.5. The monoisotopic (exact) mass is 344 g/mol. The van der Waals surface area contributed by atoms with Crippen molar-refractivity contribution in [2.45, 2.75) is 13.0 Å². The van der Waals surface area contributed by atoms with Crippen molar-refractivity contribution < 1.29 is 19.1 Å². The average Bonchev–Trinajstić information content (AvgIpc) is 2.60. The smallest absolute Gasteiger partial charge is 0.331 e. The van der Waals surface area contributed by atoms with E-state index in [-0.39, 0.29) is 5.78 Å². The first kappa shape index (κ1) is 17.8. The fraction of sp³-hybridized carbons (Fsp3) is 0.158. The molecule has 124 valence electrons. The molecule has 0 aliphatic rings. The van der Waals surface area contributed by atoms with Gasteiger partial charge in [-0.2, -0.15) is 0 Å². The summed E-state index contributed by atoms with van der Waals surface area (Å²) in [5, 5.41) is 0.540. The third-order valence-corrected chi connectivity index (χ3v) is 3.57. The van der Waals surface area contributed by atoms with E-state index in [0.29, 0.717) is 10.6 Å². The molecular formula is C19H17ClO4. The summed E-state index contributed by atoms with van der Waals surface area (Å²) in [5.74, 6) is -0.129. The van der Waals surface area contributed by atoms with Crippen LogP contribution in [0.2, 0.25) is 5.02 Å². The number of rotatable bonds is 6. The molecule has 0 aromatic heterocycles. The molecule has 24 heavy (non-hydrogen) atoms. The van der Waals surface area contributed by atoms with Crippen molar-refractivity contribution in [2.24, 2.45) is 0 Å². The second kappa shape index (κ2) is 8.31. The number of benzene rings is 2. The minimum Gasteiger partial charge on any atom is -0.497 e. The van der Waals surface area contributed by atoms with E-state index in [9.17, 15) is 9.59 Å². The Morgan fingerprint density at radius 3 is 2.25 bits per heavy atom. The van der Waals surface area contributed by atoms with Gasteiger partial charge >= 0.3 is 5.97 Å². The Bertz CT molecular complexity index is 733. The van der Waals surface area contributed by atoms with E-state index in [1.165, 1.54) is 13.0 Å². The molecule has 0 N–H and O–H groups in total. The molecule has 0 saturated heterocycles. The summed E-state index contributed by atoms with van der Waals surface area (Å²) < 4.78 is 10.2. The van der Waals surface area contributed by atoms with Crippen molar-refractivity contribution >= 4 is 29.4 Å². The summed E-state index contributed by atoms with van der Waals surface area (Å²) in [7, 11) is 1.58. The van der Waals surface area contributed by atoms with Gasteiger partial charge < -0.3 is 9.47 Å². The first-order valence-electron chi connectivity index (χ1n) is 7.32. The van der Waals surface area contributed by atoms with Crippen LogP contribution in [-0.4, -0.2) is 25.0 Å². The van der Waals surface area contributed by atoms with Gasteiger partial charge in [0, 0.05) is 16.7 Å². The number of ketones is 1. The summed E-state index contributed by atoms with van der Waals surface area (Å²) in [4.78, 5) is 24.0. The molecular weight excluding hydrogens is 328 g/mol. The highest BCUT2D eigenvalue weighted by molar-refractivity contribution is 6.30. The molecule has 2 rings (SSSR count). The van der Waals surface area contributed by atoms with E-state index in [1.54, 1.807) is 49.6 Å². The molecule has 0 aliphatic carbocycles. The molecule has 0 aliphatic heterocycles. The van der Waals surface area contributed by atoms with E-state index in [0.717, 1.165) is 11.3 Å². The highest BCUT2D eigenvalue weighted by Gasteiger charge is 2.18. The third kappa shape index (κ3) is 4.96. The lowest BCUT2D eigenvalue weighted by molar-refractivity contribution is -0.140. The van der Waals surface area contributed by atoms with Gasteiger partial charge in [0.05, 0.1) is 7.11 Å². The molecule has 2 aromatic carbocycles. The molecule has 0 saturated carbocycles. The Morgan fingerprint density at radius 1 is 1.04 bits per heavy atom. The largest absolute Gasteiger partial charge is 0.497 e. The molecule has 4 nitrogen and oxygen atoms in total. The lowest BCUT2D eigenvalue weighted by atomic mass is 10.1. The lowest BCUT2D eigenvalue weighted by Gasteiger charge is -2.10. The maximum Gasteiger partial charge on any atom is 0.331 e. The standard InChI is InChI=1S/C19H17ClO4/c1-13(19(22)15-6-8-16(20)9-7-15)24-18(21)12-5-14-3-10-17(23-2)11-4-14/h3-13H,1-2H3/b12-5+/t13-/m0/s1. The van der Waals surface area contributed by atoms with Crippen LogP contribution in [0.25, 0.3) is 6.08 Å². The molecule has 2 aromatic rings. The molecule has 1 atom stereocenters. The van der Waals surface area contributed by atoms with Gasteiger partial charge in [-0.25, -0.2) is 4.79 Å². The zero-order valence-electron chi connectivity index (χ0n) is 13.4. The Hall–Kier alpha value is -2.59. The van der Waals surface area contributed by atoms with Crippen LogP contribution in [0.3, 0.4) is 0 Å². The predicted molar refractivity (Wildman–Crippen MR) is 93.4 cm³/mol. The predicted octanol–water partition coefficient (Wildman–Crippen LogP) is 4.18. The minimum absolute atomic E-state index is 0.280. The van der Waals surface area contributed by atoms with Gasteiger partial charge in [-0.15, -0.1) is 0 Å². The number of hydrogen-bond donors (Lipinski definition) is 0. The van der Waals surface area contributed by atoms with E-state index < -0.39 is 12.1 Å². The molecule has 0 heterocycles. The van der Waals surface area contributed by atoms with Crippen molar-refractivity contribution in [3.63, 3.8) is 0 Å². The fourth-order valence-electron chi connectivity index (χ4n) is 2.00.